The molecule has 0 fully saturated rings. The number of hydrogen-bond acceptors (Lipinski definition) is 4. The minimum absolute atomic E-state index is 0.201. The van der Waals surface area contributed by atoms with Crippen LogP contribution < -0.4 is 0 Å². The summed E-state index contributed by atoms with van der Waals surface area (Å²) in [6, 6.07) is 5.50. The first-order chi connectivity index (χ1) is 8.65. The topological polar surface area (TPSA) is 42.4 Å². The van der Waals surface area contributed by atoms with E-state index in [0.29, 0.717) is 18.3 Å². The van der Waals surface area contributed by atoms with Crippen molar-refractivity contribution in [1.82, 2.24) is 9.88 Å². The summed E-state index contributed by atoms with van der Waals surface area (Å²) in [7, 11) is 0. The molecule has 1 heterocycles. The molecule has 0 saturated carbocycles. The Balaban J connectivity index is 2.59. The molecule has 1 rings (SSSR count). The standard InChI is InChI=1S/C13H19ClN2O2/c1-3-8-16(10-13(17)18-4-2)9-11-6-5-7-12(14)15-11/h5-7H,3-4,8-10H2,1-2H3. The third kappa shape index (κ3) is 5.47. The fraction of sp³-hybridized carbons (Fsp3) is 0.538. The van der Waals surface area contributed by atoms with Crippen LogP contribution in [0.4, 0.5) is 0 Å². The second-order valence-corrected chi connectivity index (χ2v) is 4.35. The van der Waals surface area contributed by atoms with Crippen molar-refractivity contribution in [2.24, 2.45) is 0 Å². The first kappa shape index (κ1) is 14.9. The fourth-order valence-corrected chi connectivity index (χ4v) is 1.87. The van der Waals surface area contributed by atoms with Gasteiger partial charge in [0.25, 0.3) is 0 Å². The van der Waals surface area contributed by atoms with Crippen LogP contribution in [0.3, 0.4) is 0 Å². The second kappa shape index (κ2) is 8.06. The first-order valence-corrected chi connectivity index (χ1v) is 6.53. The molecule has 4 nitrogen and oxygen atoms in total. The minimum atomic E-state index is -0.201. The summed E-state index contributed by atoms with van der Waals surface area (Å²) < 4.78 is 4.95. The van der Waals surface area contributed by atoms with Gasteiger partial charge in [0.15, 0.2) is 0 Å². The molecule has 0 saturated heterocycles. The Kier molecular flexibility index (Phi) is 6.68. The maximum absolute atomic E-state index is 11.5. The van der Waals surface area contributed by atoms with Crippen molar-refractivity contribution in [3.8, 4) is 0 Å². The molecule has 1 aromatic rings. The van der Waals surface area contributed by atoms with Crippen molar-refractivity contribution in [3.05, 3.63) is 29.0 Å². The maximum atomic E-state index is 11.5. The van der Waals surface area contributed by atoms with Crippen molar-refractivity contribution in [3.63, 3.8) is 0 Å². The summed E-state index contributed by atoms with van der Waals surface area (Å²) in [5.41, 5.74) is 0.861. The van der Waals surface area contributed by atoms with Crippen molar-refractivity contribution in [2.45, 2.75) is 26.8 Å². The lowest BCUT2D eigenvalue weighted by Crippen LogP contribution is -2.31. The Morgan fingerprint density at radius 2 is 2.22 bits per heavy atom. The van der Waals surface area contributed by atoms with Crippen LogP contribution in [-0.2, 0) is 16.1 Å². The molecule has 0 aliphatic carbocycles. The summed E-state index contributed by atoms with van der Waals surface area (Å²) in [6.45, 7) is 6.01. The Morgan fingerprint density at radius 1 is 1.44 bits per heavy atom. The molecule has 0 aromatic carbocycles. The Morgan fingerprint density at radius 3 is 2.83 bits per heavy atom. The SMILES string of the molecule is CCCN(CC(=O)OCC)Cc1cccc(Cl)n1. The van der Waals surface area contributed by atoms with E-state index in [2.05, 4.69) is 11.9 Å². The van der Waals surface area contributed by atoms with Gasteiger partial charge in [0, 0.05) is 6.54 Å². The molecule has 1 aromatic heterocycles. The molecule has 0 unspecified atom stereocenters. The largest absolute Gasteiger partial charge is 0.465 e. The van der Waals surface area contributed by atoms with Gasteiger partial charge in [-0.15, -0.1) is 0 Å². The molecule has 0 aliphatic rings. The van der Waals surface area contributed by atoms with Gasteiger partial charge in [0.1, 0.15) is 5.15 Å². The Bertz CT molecular complexity index is 385. The Hall–Kier alpha value is -1.13. The molecule has 100 valence electrons. The van der Waals surface area contributed by atoms with Crippen LogP contribution in [0.1, 0.15) is 26.0 Å². The number of rotatable bonds is 7. The van der Waals surface area contributed by atoms with E-state index in [1.165, 1.54) is 0 Å². The molecular formula is C13H19ClN2O2. The summed E-state index contributed by atoms with van der Waals surface area (Å²) in [5.74, 6) is -0.201. The number of nitrogens with zero attached hydrogens (tertiary/aromatic N) is 2. The molecule has 0 bridgehead atoms. The van der Waals surface area contributed by atoms with E-state index in [-0.39, 0.29) is 12.5 Å². The van der Waals surface area contributed by atoms with Crippen LogP contribution in [0.2, 0.25) is 5.15 Å². The zero-order valence-corrected chi connectivity index (χ0v) is 11.6. The number of ether oxygens (including phenoxy) is 1. The molecule has 18 heavy (non-hydrogen) atoms. The number of esters is 1. The molecule has 0 spiro atoms. The van der Waals surface area contributed by atoms with E-state index in [9.17, 15) is 4.79 Å². The average molecular weight is 271 g/mol. The van der Waals surface area contributed by atoms with Crippen LogP contribution in [-0.4, -0.2) is 35.5 Å². The lowest BCUT2D eigenvalue weighted by atomic mass is 10.3. The molecule has 0 atom stereocenters. The zero-order valence-electron chi connectivity index (χ0n) is 10.9. The molecular weight excluding hydrogens is 252 g/mol. The second-order valence-electron chi connectivity index (χ2n) is 3.97. The van der Waals surface area contributed by atoms with Crippen LogP contribution >= 0.6 is 11.6 Å². The van der Waals surface area contributed by atoms with Crippen molar-refractivity contribution in [2.75, 3.05) is 19.7 Å². The van der Waals surface area contributed by atoms with E-state index < -0.39 is 0 Å². The van der Waals surface area contributed by atoms with E-state index in [4.69, 9.17) is 16.3 Å². The van der Waals surface area contributed by atoms with Crippen molar-refractivity contribution in [1.29, 1.82) is 0 Å². The maximum Gasteiger partial charge on any atom is 0.320 e. The summed E-state index contributed by atoms with van der Waals surface area (Å²) in [6.07, 6.45) is 0.972. The molecule has 0 radical (unpaired) electrons. The zero-order chi connectivity index (χ0) is 13.4. The van der Waals surface area contributed by atoms with Crippen LogP contribution in [0, 0.1) is 0 Å². The van der Waals surface area contributed by atoms with Crippen LogP contribution in [0.25, 0.3) is 0 Å². The van der Waals surface area contributed by atoms with Gasteiger partial charge in [-0.05, 0) is 32.0 Å². The number of hydrogen-bond donors (Lipinski definition) is 0. The predicted octanol–water partition coefficient (Wildman–Crippen LogP) is 2.51. The highest BCUT2D eigenvalue weighted by atomic mass is 35.5. The van der Waals surface area contributed by atoms with Gasteiger partial charge < -0.3 is 4.74 Å². The van der Waals surface area contributed by atoms with Gasteiger partial charge in [-0.1, -0.05) is 24.6 Å². The highest BCUT2D eigenvalue weighted by Gasteiger charge is 2.12. The van der Waals surface area contributed by atoms with Crippen LogP contribution in [0.5, 0.6) is 0 Å². The van der Waals surface area contributed by atoms with Gasteiger partial charge >= 0.3 is 5.97 Å². The summed E-state index contributed by atoms with van der Waals surface area (Å²) in [5, 5.41) is 0.472. The van der Waals surface area contributed by atoms with Gasteiger partial charge in [0.05, 0.1) is 18.8 Å². The molecule has 0 amide bonds. The normalized spacial score (nSPS) is 10.7. The van der Waals surface area contributed by atoms with Gasteiger partial charge in [-0.25, -0.2) is 4.98 Å². The summed E-state index contributed by atoms with van der Waals surface area (Å²) in [4.78, 5) is 17.7. The van der Waals surface area contributed by atoms with Crippen molar-refractivity contribution < 1.29 is 9.53 Å². The number of carbonyl (C=O) groups is 1. The van der Waals surface area contributed by atoms with E-state index in [0.717, 1.165) is 18.7 Å². The van der Waals surface area contributed by atoms with E-state index >= 15 is 0 Å². The van der Waals surface area contributed by atoms with Gasteiger partial charge in [-0.2, -0.15) is 0 Å². The summed E-state index contributed by atoms with van der Waals surface area (Å²) >= 11 is 5.84. The molecule has 5 heteroatoms. The monoisotopic (exact) mass is 270 g/mol. The quantitative estimate of drug-likeness (QED) is 0.564. The smallest absolute Gasteiger partial charge is 0.320 e. The third-order valence-corrected chi connectivity index (χ3v) is 2.57. The average Bonchev–Trinajstić information content (AvgIpc) is 2.29. The number of carbonyl (C=O) groups excluding carboxylic acids is 1. The lowest BCUT2D eigenvalue weighted by Gasteiger charge is -2.20. The number of pyridine rings is 1. The van der Waals surface area contributed by atoms with Gasteiger partial charge in [-0.3, -0.25) is 9.69 Å². The molecule has 0 N–H and O–H groups in total. The predicted molar refractivity (Wildman–Crippen MR) is 71.4 cm³/mol. The fourth-order valence-electron chi connectivity index (χ4n) is 1.69. The van der Waals surface area contributed by atoms with Crippen LogP contribution in [0.15, 0.2) is 18.2 Å². The minimum Gasteiger partial charge on any atom is -0.465 e. The third-order valence-electron chi connectivity index (χ3n) is 2.36. The van der Waals surface area contributed by atoms with Gasteiger partial charge in [0.2, 0.25) is 0 Å². The number of aromatic nitrogens is 1. The van der Waals surface area contributed by atoms with E-state index in [1.54, 1.807) is 13.0 Å². The highest BCUT2D eigenvalue weighted by molar-refractivity contribution is 6.29. The Labute approximate surface area is 113 Å². The number of halogens is 1. The van der Waals surface area contributed by atoms with Crippen molar-refractivity contribution >= 4 is 17.6 Å². The molecule has 0 aliphatic heterocycles. The first-order valence-electron chi connectivity index (χ1n) is 6.15. The van der Waals surface area contributed by atoms with E-state index in [1.807, 2.05) is 17.0 Å². The lowest BCUT2D eigenvalue weighted by molar-refractivity contribution is -0.144. The highest BCUT2D eigenvalue weighted by Crippen LogP contribution is 2.08.